The van der Waals surface area contributed by atoms with E-state index < -0.39 is 5.41 Å². The summed E-state index contributed by atoms with van der Waals surface area (Å²) in [6.45, 7) is 6.04. The summed E-state index contributed by atoms with van der Waals surface area (Å²) < 4.78 is 12.1. The number of ketones is 1. The van der Waals surface area contributed by atoms with Gasteiger partial charge in [-0.25, -0.2) is 0 Å². The largest absolute Gasteiger partial charge is 0.493 e. The maximum Gasteiger partial charge on any atom is 0.231 e. The van der Waals surface area contributed by atoms with Crippen molar-refractivity contribution in [3.63, 3.8) is 0 Å². The minimum Gasteiger partial charge on any atom is -0.493 e. The number of carbonyl (C=O) groups is 2. The fourth-order valence-corrected chi connectivity index (χ4v) is 4.12. The first-order valence-corrected chi connectivity index (χ1v) is 10.4. The summed E-state index contributed by atoms with van der Waals surface area (Å²) in [6, 6.07) is 9.93. The molecule has 0 saturated heterocycles. The van der Waals surface area contributed by atoms with Crippen LogP contribution in [0.15, 0.2) is 30.3 Å². The van der Waals surface area contributed by atoms with Crippen molar-refractivity contribution in [1.82, 2.24) is 4.90 Å². The average Bonchev–Trinajstić information content (AvgIpc) is 3.11. The SMILES string of the molecule is CCc1ccc(-c2cccc3c2CCC3=O)c(OCC(C)(C)C(=O)N(C)C)c1OC. The predicted molar refractivity (Wildman–Crippen MR) is 118 cm³/mol. The molecule has 0 radical (unpaired) electrons. The third-order valence-corrected chi connectivity index (χ3v) is 5.71. The lowest BCUT2D eigenvalue weighted by molar-refractivity contribution is -0.139. The van der Waals surface area contributed by atoms with Gasteiger partial charge in [-0.3, -0.25) is 9.59 Å². The summed E-state index contributed by atoms with van der Waals surface area (Å²) in [4.78, 5) is 26.4. The molecule has 2 aromatic carbocycles. The maximum absolute atomic E-state index is 12.6. The number of fused-ring (bicyclic) bond motifs is 1. The Morgan fingerprint density at radius 3 is 2.37 bits per heavy atom. The molecular weight excluding hydrogens is 378 g/mol. The van der Waals surface area contributed by atoms with Gasteiger partial charge in [0, 0.05) is 31.6 Å². The average molecular weight is 410 g/mol. The fraction of sp³-hybridized carbons (Fsp3) is 0.440. The molecule has 3 rings (SSSR count). The monoisotopic (exact) mass is 409 g/mol. The molecule has 5 heteroatoms. The number of Topliss-reactive ketones (excluding diaryl/α,β-unsaturated/α-hetero) is 1. The van der Waals surface area contributed by atoms with Crippen LogP contribution in [0.3, 0.4) is 0 Å². The van der Waals surface area contributed by atoms with Crippen LogP contribution in [-0.2, 0) is 17.6 Å². The summed E-state index contributed by atoms with van der Waals surface area (Å²) in [5.41, 5.74) is 4.08. The number of rotatable bonds is 7. The van der Waals surface area contributed by atoms with Gasteiger partial charge in [0.05, 0.1) is 12.5 Å². The van der Waals surface area contributed by atoms with Crippen molar-refractivity contribution in [1.29, 1.82) is 0 Å². The van der Waals surface area contributed by atoms with Gasteiger partial charge in [0.2, 0.25) is 5.91 Å². The Hall–Kier alpha value is -2.82. The zero-order valence-electron chi connectivity index (χ0n) is 18.8. The zero-order valence-corrected chi connectivity index (χ0v) is 18.8. The summed E-state index contributed by atoms with van der Waals surface area (Å²) in [5, 5.41) is 0. The zero-order chi connectivity index (χ0) is 22.1. The topological polar surface area (TPSA) is 55.8 Å². The first kappa shape index (κ1) is 21.9. The van der Waals surface area contributed by atoms with Gasteiger partial charge < -0.3 is 14.4 Å². The van der Waals surface area contributed by atoms with Crippen LogP contribution in [0.4, 0.5) is 0 Å². The van der Waals surface area contributed by atoms with Crippen LogP contribution in [0, 0.1) is 5.41 Å². The highest BCUT2D eigenvalue weighted by atomic mass is 16.5. The second-order valence-corrected chi connectivity index (χ2v) is 8.62. The first-order valence-electron chi connectivity index (χ1n) is 10.4. The number of hydrogen-bond donors (Lipinski definition) is 0. The third-order valence-electron chi connectivity index (χ3n) is 5.71. The molecular formula is C25H31NO4. The lowest BCUT2D eigenvalue weighted by Gasteiger charge is -2.28. The van der Waals surface area contributed by atoms with Crippen molar-refractivity contribution in [3.8, 4) is 22.6 Å². The normalized spacial score (nSPS) is 13.2. The number of carbonyl (C=O) groups excluding carboxylic acids is 2. The predicted octanol–water partition coefficient (Wildman–Crippen LogP) is 4.55. The lowest BCUT2D eigenvalue weighted by atomic mass is 9.92. The van der Waals surface area contributed by atoms with Crippen molar-refractivity contribution in [2.24, 2.45) is 5.41 Å². The van der Waals surface area contributed by atoms with E-state index in [1.807, 2.05) is 44.2 Å². The van der Waals surface area contributed by atoms with Crippen molar-refractivity contribution in [3.05, 3.63) is 47.0 Å². The van der Waals surface area contributed by atoms with Crippen LogP contribution in [0.5, 0.6) is 11.5 Å². The molecule has 0 aliphatic heterocycles. The smallest absolute Gasteiger partial charge is 0.231 e. The van der Waals surface area contributed by atoms with E-state index >= 15 is 0 Å². The quantitative estimate of drug-likeness (QED) is 0.673. The highest BCUT2D eigenvalue weighted by Gasteiger charge is 2.32. The Bertz CT molecular complexity index is 975. The molecule has 0 N–H and O–H groups in total. The molecule has 1 aliphatic carbocycles. The number of methoxy groups -OCH3 is 1. The standard InChI is InChI=1S/C25H31NO4/c1-7-16-11-12-20(17-9-8-10-19-18(17)13-14-21(19)27)23(22(16)29-6)30-15-25(2,3)24(28)26(4)5/h8-12H,7,13-15H2,1-6H3. The molecule has 0 saturated carbocycles. The van der Waals surface area contributed by atoms with Gasteiger partial charge in [-0.15, -0.1) is 0 Å². The number of ether oxygens (including phenoxy) is 2. The van der Waals surface area contributed by atoms with Crippen LogP contribution in [0.25, 0.3) is 11.1 Å². The minimum atomic E-state index is -0.692. The number of benzene rings is 2. The second kappa shape index (κ2) is 8.50. The van der Waals surface area contributed by atoms with Gasteiger partial charge in [0.15, 0.2) is 17.3 Å². The van der Waals surface area contributed by atoms with Gasteiger partial charge in [-0.1, -0.05) is 37.3 Å². The van der Waals surface area contributed by atoms with Crippen molar-refractivity contribution in [2.75, 3.05) is 27.8 Å². The second-order valence-electron chi connectivity index (χ2n) is 8.62. The van der Waals surface area contributed by atoms with Crippen LogP contribution in [0.1, 0.15) is 48.7 Å². The van der Waals surface area contributed by atoms with Crippen molar-refractivity contribution >= 4 is 11.7 Å². The molecule has 1 amide bonds. The Labute approximate surface area is 179 Å². The van der Waals surface area contributed by atoms with E-state index in [4.69, 9.17) is 9.47 Å². The lowest BCUT2D eigenvalue weighted by Crippen LogP contribution is -2.40. The molecule has 160 valence electrons. The van der Waals surface area contributed by atoms with Gasteiger partial charge in [0.1, 0.15) is 6.61 Å². The Morgan fingerprint density at radius 1 is 1.03 bits per heavy atom. The van der Waals surface area contributed by atoms with Gasteiger partial charge in [0.25, 0.3) is 0 Å². The van der Waals surface area contributed by atoms with E-state index in [-0.39, 0.29) is 18.3 Å². The molecule has 0 spiro atoms. The Kier molecular flexibility index (Phi) is 6.20. The van der Waals surface area contributed by atoms with E-state index in [0.717, 1.165) is 40.7 Å². The summed E-state index contributed by atoms with van der Waals surface area (Å²) in [5.74, 6) is 1.50. The van der Waals surface area contributed by atoms with E-state index in [1.165, 1.54) is 0 Å². The molecule has 0 heterocycles. The Balaban J connectivity index is 2.10. The molecule has 30 heavy (non-hydrogen) atoms. The Morgan fingerprint density at radius 2 is 1.73 bits per heavy atom. The van der Waals surface area contributed by atoms with E-state index in [9.17, 15) is 9.59 Å². The van der Waals surface area contributed by atoms with Crippen LogP contribution >= 0.6 is 0 Å². The third kappa shape index (κ3) is 3.93. The highest BCUT2D eigenvalue weighted by Crippen LogP contribution is 2.44. The van der Waals surface area contributed by atoms with E-state index in [2.05, 4.69) is 6.92 Å². The molecule has 5 nitrogen and oxygen atoms in total. The van der Waals surface area contributed by atoms with Crippen LogP contribution < -0.4 is 9.47 Å². The van der Waals surface area contributed by atoms with E-state index in [0.29, 0.717) is 17.9 Å². The highest BCUT2D eigenvalue weighted by molar-refractivity contribution is 6.02. The molecule has 0 unspecified atom stereocenters. The number of aryl methyl sites for hydroxylation is 1. The van der Waals surface area contributed by atoms with Gasteiger partial charge >= 0.3 is 0 Å². The molecule has 1 aliphatic rings. The molecule has 0 atom stereocenters. The number of amides is 1. The molecule has 0 bridgehead atoms. The molecule has 0 aromatic heterocycles. The first-order chi connectivity index (χ1) is 14.2. The minimum absolute atomic E-state index is 0.000799. The van der Waals surface area contributed by atoms with Crippen LogP contribution in [0.2, 0.25) is 0 Å². The van der Waals surface area contributed by atoms with Gasteiger partial charge in [-0.05, 0) is 43.4 Å². The van der Waals surface area contributed by atoms with Crippen LogP contribution in [-0.4, -0.2) is 44.4 Å². The van der Waals surface area contributed by atoms with Crippen molar-refractivity contribution < 1.29 is 19.1 Å². The summed E-state index contributed by atoms with van der Waals surface area (Å²) in [6.07, 6.45) is 2.06. The number of hydrogen-bond acceptors (Lipinski definition) is 4. The number of nitrogens with zero attached hydrogens (tertiary/aromatic N) is 1. The fourth-order valence-electron chi connectivity index (χ4n) is 4.12. The van der Waals surface area contributed by atoms with Gasteiger partial charge in [-0.2, -0.15) is 0 Å². The van der Waals surface area contributed by atoms with E-state index in [1.54, 1.807) is 26.1 Å². The molecule has 0 fully saturated rings. The summed E-state index contributed by atoms with van der Waals surface area (Å²) in [7, 11) is 5.14. The molecule has 2 aromatic rings. The van der Waals surface area contributed by atoms with Crippen molar-refractivity contribution in [2.45, 2.75) is 40.0 Å². The maximum atomic E-state index is 12.6. The summed E-state index contributed by atoms with van der Waals surface area (Å²) >= 11 is 0.